The Hall–Kier alpha value is -6.15. The Morgan fingerprint density at radius 2 is 1.41 bits per heavy atom. The summed E-state index contributed by atoms with van der Waals surface area (Å²) in [6.07, 6.45) is -0.718. The highest BCUT2D eigenvalue weighted by Crippen LogP contribution is 2.26. The summed E-state index contributed by atoms with van der Waals surface area (Å²) in [5.74, 6) is -9.75. The smallest absolute Gasteiger partial charge is 0.245 e. The number of nitrogens with one attached hydrogen (secondary N) is 7. The van der Waals surface area contributed by atoms with E-state index in [1.54, 1.807) is 26.0 Å². The fourth-order valence-corrected chi connectivity index (χ4v) is 9.75. The number of benzene rings is 1. The highest BCUT2D eigenvalue weighted by molar-refractivity contribution is 8.76. The van der Waals surface area contributed by atoms with E-state index in [2.05, 4.69) is 37.2 Å². The van der Waals surface area contributed by atoms with Crippen LogP contribution >= 0.6 is 21.6 Å². The largest absolute Gasteiger partial charge is 0.508 e. The van der Waals surface area contributed by atoms with Crippen molar-refractivity contribution in [3.8, 4) is 5.75 Å². The summed E-state index contributed by atoms with van der Waals surface area (Å²) in [6.45, 7) is 6.65. The molecule has 0 saturated carbocycles. The summed E-state index contributed by atoms with van der Waals surface area (Å²) in [7, 11) is 2.34. The van der Waals surface area contributed by atoms with Gasteiger partial charge in [0.05, 0.1) is 19.0 Å². The molecule has 70 heavy (non-hydrogen) atoms. The molecule has 1 aromatic rings. The molecule has 9 atom stereocenters. The number of phenols is 1. The number of hydrogen-bond donors (Lipinski definition) is 12. The van der Waals surface area contributed by atoms with E-state index in [4.69, 9.17) is 22.9 Å². The molecule has 2 saturated heterocycles. The van der Waals surface area contributed by atoms with Gasteiger partial charge in [-0.25, -0.2) is 0 Å². The van der Waals surface area contributed by atoms with Crippen molar-refractivity contribution in [2.75, 3.05) is 24.6 Å². The molecule has 0 unspecified atom stereocenters. The minimum Gasteiger partial charge on any atom is -0.508 e. The van der Waals surface area contributed by atoms with E-state index in [9.17, 15) is 57.8 Å². The quantitative estimate of drug-likeness (QED) is 0.0684. The van der Waals surface area contributed by atoms with E-state index in [0.717, 1.165) is 10.8 Å². The first-order valence-electron chi connectivity index (χ1n) is 23.0. The van der Waals surface area contributed by atoms with E-state index < -0.39 is 145 Å². The van der Waals surface area contributed by atoms with E-state index in [-0.39, 0.29) is 55.4 Å². The first-order valence-corrected chi connectivity index (χ1v) is 25.5. The number of rotatable bonds is 17. The fraction of sp³-hybridized carbons (Fsp3) is 0.614. The Morgan fingerprint density at radius 1 is 0.786 bits per heavy atom. The molecular formula is C44H68N12O12S2. The van der Waals surface area contributed by atoms with Crippen LogP contribution in [0.15, 0.2) is 24.3 Å². The van der Waals surface area contributed by atoms with Crippen molar-refractivity contribution in [3.63, 3.8) is 0 Å². The lowest BCUT2D eigenvalue weighted by molar-refractivity contribution is -0.142. The summed E-state index contributed by atoms with van der Waals surface area (Å²) in [4.78, 5) is 148. The maximum atomic E-state index is 14.5. The van der Waals surface area contributed by atoms with E-state index in [1.165, 1.54) is 27.8 Å². The van der Waals surface area contributed by atoms with Crippen LogP contribution in [0.5, 0.6) is 5.75 Å². The highest BCUT2D eigenvalue weighted by atomic mass is 33.1. The number of nitrogens with zero attached hydrogens (tertiary/aromatic N) is 1. The normalized spacial score (nSPS) is 24.3. The zero-order chi connectivity index (χ0) is 52.2. The summed E-state index contributed by atoms with van der Waals surface area (Å²) in [5.41, 5.74) is 23.0. The maximum absolute atomic E-state index is 14.5. The second-order valence-electron chi connectivity index (χ2n) is 17.7. The van der Waals surface area contributed by atoms with Gasteiger partial charge in [0.15, 0.2) is 0 Å². The van der Waals surface area contributed by atoms with Gasteiger partial charge in [0.25, 0.3) is 0 Å². The minimum absolute atomic E-state index is 0.00522. The van der Waals surface area contributed by atoms with Crippen LogP contribution in [0.2, 0.25) is 0 Å². The predicted octanol–water partition coefficient (Wildman–Crippen LogP) is -3.22. The molecule has 16 N–H and O–H groups in total. The van der Waals surface area contributed by atoms with Crippen LogP contribution in [-0.4, -0.2) is 148 Å². The molecule has 11 amide bonds. The van der Waals surface area contributed by atoms with Crippen molar-refractivity contribution in [2.45, 2.75) is 134 Å². The van der Waals surface area contributed by atoms with Crippen molar-refractivity contribution >= 4 is 86.6 Å². The molecule has 2 heterocycles. The number of aromatic hydroxyl groups is 1. The van der Waals surface area contributed by atoms with Gasteiger partial charge >= 0.3 is 0 Å². The number of likely N-dealkylation sites (tertiary alicyclic amines) is 1. The lowest BCUT2D eigenvalue weighted by Crippen LogP contribution is -2.61. The number of amides is 11. The average molecular weight is 1020 g/mol. The van der Waals surface area contributed by atoms with Gasteiger partial charge in [-0.3, -0.25) is 52.7 Å². The van der Waals surface area contributed by atoms with Gasteiger partial charge in [-0.1, -0.05) is 67.8 Å². The summed E-state index contributed by atoms with van der Waals surface area (Å²) < 4.78 is 0. The average Bonchev–Trinajstić information content (AvgIpc) is 3.79. The third-order valence-electron chi connectivity index (χ3n) is 11.5. The van der Waals surface area contributed by atoms with Crippen LogP contribution < -0.4 is 60.2 Å². The third-order valence-corrected chi connectivity index (χ3v) is 14.0. The summed E-state index contributed by atoms with van der Waals surface area (Å²) >= 11 is 0. The van der Waals surface area contributed by atoms with Gasteiger partial charge in [0, 0.05) is 30.9 Å². The molecule has 24 nitrogen and oxygen atoms in total. The molecule has 388 valence electrons. The van der Waals surface area contributed by atoms with E-state index in [0.29, 0.717) is 18.4 Å². The second kappa shape index (κ2) is 28.5. The summed E-state index contributed by atoms with van der Waals surface area (Å²) in [6, 6.07) is -4.81. The summed E-state index contributed by atoms with van der Waals surface area (Å²) in [5, 5.41) is 27.8. The molecule has 2 aliphatic heterocycles. The van der Waals surface area contributed by atoms with Crippen LogP contribution in [0.3, 0.4) is 0 Å². The molecule has 0 aromatic heterocycles. The molecule has 1 aromatic carbocycles. The standard InChI is InChI=1S/C44H68N12O12S2/c1-5-23(4)36-43(67)50-27(12-13-33(46)58)39(63)53-31(19-34(47)59)40(64)51-28(44(68)56-15-6-7-32(56)42(66)54-29(17-22(2)3)38(62)49-20-35(48)60)14-16-69-70-21-26(45)37(61)52-30(41(65)55-36)18-24-8-10-25(57)11-9-24/h8-11,22-23,26-32,36,57H,5-7,12-21,45H2,1-4H3,(H2,46,58)(H2,47,59)(H2,48,60)(H,49,62)(H,50,67)(H,51,64)(H,52,61)(H,53,63)(H,54,66)(H,55,65)/t23-,26-,27-,28-,29-,30-,31-,32-,36-/m0/s1. The zero-order valence-electron chi connectivity index (χ0n) is 39.8. The first-order chi connectivity index (χ1) is 33.0. The topological polar surface area (TPSA) is 400 Å². The van der Waals surface area contributed by atoms with Gasteiger partial charge in [-0.2, -0.15) is 0 Å². The van der Waals surface area contributed by atoms with Crippen LogP contribution in [0.1, 0.15) is 84.6 Å². The van der Waals surface area contributed by atoms with Crippen molar-refractivity contribution in [1.82, 2.24) is 42.1 Å². The lowest BCUT2D eigenvalue weighted by atomic mass is 9.96. The molecule has 26 heteroatoms. The van der Waals surface area contributed by atoms with Gasteiger partial charge in [0.2, 0.25) is 65.0 Å². The number of hydrogen-bond acceptors (Lipinski definition) is 15. The number of nitrogens with two attached hydrogens (primary N) is 4. The molecule has 2 fully saturated rings. The molecule has 0 aliphatic carbocycles. The van der Waals surface area contributed by atoms with Crippen molar-refractivity contribution in [1.29, 1.82) is 0 Å². The van der Waals surface area contributed by atoms with Gasteiger partial charge in [0.1, 0.15) is 48.0 Å². The monoisotopic (exact) mass is 1020 g/mol. The fourth-order valence-electron chi connectivity index (χ4n) is 7.53. The molecular weight excluding hydrogens is 953 g/mol. The van der Waals surface area contributed by atoms with Crippen LogP contribution in [0.4, 0.5) is 0 Å². The Bertz CT molecular complexity index is 2060. The first kappa shape index (κ1) is 58.2. The van der Waals surface area contributed by atoms with Crippen LogP contribution in [0, 0.1) is 11.8 Å². The van der Waals surface area contributed by atoms with Crippen molar-refractivity contribution in [3.05, 3.63) is 29.8 Å². The molecule has 0 bridgehead atoms. The van der Waals surface area contributed by atoms with Crippen LogP contribution in [-0.2, 0) is 59.2 Å². The Kier molecular flexibility index (Phi) is 23.7. The van der Waals surface area contributed by atoms with Crippen LogP contribution in [0.25, 0.3) is 0 Å². The van der Waals surface area contributed by atoms with Crippen molar-refractivity contribution < 1.29 is 57.8 Å². The predicted molar refractivity (Wildman–Crippen MR) is 259 cm³/mol. The number of carbonyl (C=O) groups is 11. The Labute approximate surface area is 413 Å². The third kappa shape index (κ3) is 19.0. The minimum atomic E-state index is -1.74. The Morgan fingerprint density at radius 3 is 2.03 bits per heavy atom. The maximum Gasteiger partial charge on any atom is 0.245 e. The number of primary amides is 3. The van der Waals surface area contributed by atoms with Gasteiger partial charge in [-0.15, -0.1) is 0 Å². The second-order valence-corrected chi connectivity index (χ2v) is 20.4. The highest BCUT2D eigenvalue weighted by Gasteiger charge is 2.41. The molecule has 0 radical (unpaired) electrons. The van der Waals surface area contributed by atoms with Crippen molar-refractivity contribution in [2.24, 2.45) is 34.8 Å². The van der Waals surface area contributed by atoms with E-state index >= 15 is 0 Å². The molecule has 2 aliphatic rings. The van der Waals surface area contributed by atoms with Gasteiger partial charge < -0.3 is 70.2 Å². The Balaban J connectivity index is 2.04. The number of phenolic OH excluding ortho intramolecular Hbond substituents is 1. The van der Waals surface area contributed by atoms with E-state index in [1.807, 2.05) is 13.8 Å². The molecule has 0 spiro atoms. The zero-order valence-corrected chi connectivity index (χ0v) is 41.4. The number of carbonyl (C=O) groups excluding carboxylic acids is 11. The SMILES string of the molecule is CC[C@H](C)[C@@H]1NC(=O)[C@H](Cc2ccc(O)cc2)NC(=O)[C@@H](N)CSSCC[C@@H](C(=O)N2CCC[C@H]2C(=O)N[C@@H](CC(C)C)C(=O)NCC(N)=O)NC(=O)[C@H](CC(N)=O)NC(=O)[C@H](CCC(N)=O)NC1=O. The van der Waals surface area contributed by atoms with Gasteiger partial charge in [-0.05, 0) is 61.6 Å². The molecule has 3 rings (SSSR count). The lowest BCUT2D eigenvalue weighted by Gasteiger charge is -2.31.